The molecule has 1 fully saturated rings. The van der Waals surface area contributed by atoms with Gasteiger partial charge in [-0.3, -0.25) is 4.79 Å². The zero-order valence-corrected chi connectivity index (χ0v) is 10.9. The van der Waals surface area contributed by atoms with Crippen molar-refractivity contribution in [2.45, 2.75) is 57.7 Å². The van der Waals surface area contributed by atoms with Crippen LogP contribution in [0.5, 0.6) is 0 Å². The van der Waals surface area contributed by atoms with Gasteiger partial charge in [0.1, 0.15) is 0 Å². The molecule has 0 atom stereocenters. The van der Waals surface area contributed by atoms with Crippen molar-refractivity contribution in [2.75, 3.05) is 5.32 Å². The number of nitrogens with one attached hydrogen (secondary N) is 1. The maximum absolute atomic E-state index is 12.1. The molecule has 0 bridgehead atoms. The molecule has 5 nitrogen and oxygen atoms in total. The van der Waals surface area contributed by atoms with E-state index in [2.05, 4.69) is 17.2 Å². The molecule has 2 rings (SSSR count). The molecule has 0 radical (unpaired) electrons. The van der Waals surface area contributed by atoms with Gasteiger partial charge < -0.3 is 15.6 Å². The maximum Gasteiger partial charge on any atom is 0.293 e. The highest BCUT2D eigenvalue weighted by molar-refractivity contribution is 5.32. The SMILES string of the molecule is CCCn1ccnc(NC2CCC(N)CC2)c1=O. The average molecular weight is 250 g/mol. The normalized spacial score (nSPS) is 23.9. The molecular weight excluding hydrogens is 228 g/mol. The summed E-state index contributed by atoms with van der Waals surface area (Å²) in [5.74, 6) is 0.478. The van der Waals surface area contributed by atoms with Crippen LogP contribution in [0.25, 0.3) is 0 Å². The molecule has 3 N–H and O–H groups in total. The van der Waals surface area contributed by atoms with Crippen molar-refractivity contribution in [1.29, 1.82) is 0 Å². The Balaban J connectivity index is 2.05. The highest BCUT2D eigenvalue weighted by Gasteiger charge is 2.19. The second-order valence-corrected chi connectivity index (χ2v) is 5.03. The minimum absolute atomic E-state index is 0.0192. The van der Waals surface area contributed by atoms with Gasteiger partial charge in [-0.1, -0.05) is 6.92 Å². The quantitative estimate of drug-likeness (QED) is 0.845. The van der Waals surface area contributed by atoms with E-state index in [0.717, 1.165) is 38.6 Å². The number of hydrogen-bond acceptors (Lipinski definition) is 4. The van der Waals surface area contributed by atoms with Crippen LogP contribution in [0.4, 0.5) is 5.82 Å². The monoisotopic (exact) mass is 250 g/mol. The number of hydrogen-bond donors (Lipinski definition) is 2. The van der Waals surface area contributed by atoms with E-state index in [-0.39, 0.29) is 5.56 Å². The van der Waals surface area contributed by atoms with Gasteiger partial charge in [0, 0.05) is 31.0 Å². The molecule has 1 aliphatic rings. The fraction of sp³-hybridized carbons (Fsp3) is 0.692. The second kappa shape index (κ2) is 6.00. The Labute approximate surface area is 107 Å². The third-order valence-corrected chi connectivity index (χ3v) is 3.49. The third kappa shape index (κ3) is 3.10. The maximum atomic E-state index is 12.1. The zero-order valence-electron chi connectivity index (χ0n) is 10.9. The van der Waals surface area contributed by atoms with Gasteiger partial charge in [-0.15, -0.1) is 0 Å². The smallest absolute Gasteiger partial charge is 0.293 e. The van der Waals surface area contributed by atoms with Gasteiger partial charge in [0.05, 0.1) is 0 Å². The van der Waals surface area contributed by atoms with Crippen LogP contribution in [-0.4, -0.2) is 21.6 Å². The van der Waals surface area contributed by atoms with Crippen molar-refractivity contribution < 1.29 is 0 Å². The number of anilines is 1. The van der Waals surface area contributed by atoms with Crippen LogP contribution in [0.2, 0.25) is 0 Å². The molecule has 0 unspecified atom stereocenters. The summed E-state index contributed by atoms with van der Waals surface area (Å²) in [5.41, 5.74) is 5.86. The minimum atomic E-state index is -0.0192. The molecule has 1 heterocycles. The molecule has 0 aromatic carbocycles. The molecule has 1 aromatic heterocycles. The van der Waals surface area contributed by atoms with E-state index in [9.17, 15) is 4.79 Å². The average Bonchev–Trinajstić information content (AvgIpc) is 2.37. The van der Waals surface area contributed by atoms with Gasteiger partial charge in [0.15, 0.2) is 5.82 Å². The summed E-state index contributed by atoms with van der Waals surface area (Å²) >= 11 is 0. The minimum Gasteiger partial charge on any atom is -0.363 e. The standard InChI is InChI=1S/C13H22N4O/c1-2-8-17-9-7-15-12(13(17)18)16-11-5-3-10(14)4-6-11/h7,9-11H,2-6,8,14H2,1H3,(H,15,16). The predicted molar refractivity (Wildman–Crippen MR) is 72.6 cm³/mol. The lowest BCUT2D eigenvalue weighted by Gasteiger charge is -2.27. The van der Waals surface area contributed by atoms with E-state index in [0.29, 0.717) is 17.9 Å². The number of nitrogens with two attached hydrogens (primary N) is 1. The lowest BCUT2D eigenvalue weighted by molar-refractivity contribution is 0.410. The van der Waals surface area contributed by atoms with Crippen molar-refractivity contribution >= 4 is 5.82 Å². The van der Waals surface area contributed by atoms with Crippen LogP contribution in [0, 0.1) is 0 Å². The van der Waals surface area contributed by atoms with E-state index in [1.807, 2.05) is 0 Å². The van der Waals surface area contributed by atoms with Gasteiger partial charge in [0.25, 0.3) is 5.56 Å². The number of rotatable bonds is 4. The Morgan fingerprint density at radius 2 is 2.17 bits per heavy atom. The summed E-state index contributed by atoms with van der Waals surface area (Å²) in [5, 5.41) is 3.27. The van der Waals surface area contributed by atoms with E-state index < -0.39 is 0 Å². The van der Waals surface area contributed by atoms with E-state index >= 15 is 0 Å². The summed E-state index contributed by atoms with van der Waals surface area (Å²) in [6.07, 6.45) is 8.46. The highest BCUT2D eigenvalue weighted by atomic mass is 16.1. The molecule has 0 saturated heterocycles. The predicted octanol–water partition coefficient (Wildman–Crippen LogP) is 1.34. The molecule has 0 aliphatic heterocycles. The topological polar surface area (TPSA) is 72.9 Å². The van der Waals surface area contributed by atoms with Gasteiger partial charge in [-0.25, -0.2) is 4.98 Å². The van der Waals surface area contributed by atoms with Crippen molar-refractivity contribution in [3.63, 3.8) is 0 Å². The third-order valence-electron chi connectivity index (χ3n) is 3.49. The zero-order chi connectivity index (χ0) is 13.0. The fourth-order valence-electron chi connectivity index (χ4n) is 2.42. The van der Waals surface area contributed by atoms with Crippen LogP contribution < -0.4 is 16.6 Å². The van der Waals surface area contributed by atoms with Gasteiger partial charge in [0.2, 0.25) is 0 Å². The summed E-state index contributed by atoms with van der Waals surface area (Å²) in [6, 6.07) is 0.658. The van der Waals surface area contributed by atoms with Crippen LogP contribution in [0.1, 0.15) is 39.0 Å². The molecule has 0 amide bonds. The van der Waals surface area contributed by atoms with Crippen LogP contribution in [0.3, 0.4) is 0 Å². The van der Waals surface area contributed by atoms with Gasteiger partial charge >= 0.3 is 0 Å². The second-order valence-electron chi connectivity index (χ2n) is 5.03. The molecule has 5 heteroatoms. The first-order valence-corrected chi connectivity index (χ1v) is 6.78. The Morgan fingerprint density at radius 1 is 1.44 bits per heavy atom. The number of aryl methyl sites for hydroxylation is 1. The van der Waals surface area contributed by atoms with Crippen LogP contribution >= 0.6 is 0 Å². The fourth-order valence-corrected chi connectivity index (χ4v) is 2.42. The lowest BCUT2D eigenvalue weighted by atomic mass is 9.92. The molecule has 100 valence electrons. The lowest BCUT2D eigenvalue weighted by Crippen LogP contribution is -2.35. The molecule has 0 spiro atoms. The van der Waals surface area contributed by atoms with E-state index in [1.165, 1.54) is 0 Å². The molecule has 1 saturated carbocycles. The first kappa shape index (κ1) is 13.1. The number of nitrogens with zero attached hydrogens (tertiary/aromatic N) is 2. The Bertz CT molecular complexity index is 435. The van der Waals surface area contributed by atoms with Crippen molar-refractivity contribution in [3.8, 4) is 0 Å². The highest BCUT2D eigenvalue weighted by Crippen LogP contribution is 2.19. The van der Waals surface area contributed by atoms with Crippen molar-refractivity contribution in [1.82, 2.24) is 9.55 Å². The Hall–Kier alpha value is -1.36. The summed E-state index contributed by atoms with van der Waals surface area (Å²) < 4.78 is 1.71. The van der Waals surface area contributed by atoms with Gasteiger partial charge in [-0.2, -0.15) is 0 Å². The Kier molecular flexibility index (Phi) is 4.36. The number of aromatic nitrogens is 2. The largest absolute Gasteiger partial charge is 0.363 e. The Morgan fingerprint density at radius 3 is 2.83 bits per heavy atom. The first-order valence-electron chi connectivity index (χ1n) is 6.78. The molecule has 18 heavy (non-hydrogen) atoms. The summed E-state index contributed by atoms with van der Waals surface area (Å²) in [7, 11) is 0. The van der Waals surface area contributed by atoms with Crippen molar-refractivity contribution in [3.05, 3.63) is 22.7 Å². The molecule has 1 aromatic rings. The first-order chi connectivity index (χ1) is 8.70. The molecular formula is C13H22N4O. The molecule has 1 aliphatic carbocycles. The van der Waals surface area contributed by atoms with Crippen LogP contribution in [0.15, 0.2) is 17.2 Å². The summed E-state index contributed by atoms with van der Waals surface area (Å²) in [6.45, 7) is 2.80. The van der Waals surface area contributed by atoms with E-state index in [1.54, 1.807) is 17.0 Å². The van der Waals surface area contributed by atoms with E-state index in [4.69, 9.17) is 5.73 Å². The van der Waals surface area contributed by atoms with Crippen LogP contribution in [-0.2, 0) is 6.54 Å². The van der Waals surface area contributed by atoms with Crippen molar-refractivity contribution in [2.24, 2.45) is 5.73 Å². The van der Waals surface area contributed by atoms with Gasteiger partial charge in [-0.05, 0) is 32.1 Å². The summed E-state index contributed by atoms with van der Waals surface area (Å²) in [4.78, 5) is 16.3.